The molecule has 2 aromatic carbocycles. The Kier molecular flexibility index (Phi) is 6.47. The molecular formula is C25H27N5O2. The van der Waals surface area contributed by atoms with Gasteiger partial charge >= 0.3 is 0 Å². The fourth-order valence-electron chi connectivity index (χ4n) is 3.61. The molecule has 0 aliphatic carbocycles. The number of nitrogens with zero attached hydrogens (tertiary/aromatic N) is 1. The first-order chi connectivity index (χ1) is 15.6. The molecule has 32 heavy (non-hydrogen) atoms. The zero-order valence-electron chi connectivity index (χ0n) is 18.2. The number of aromatic nitrogens is 1. The average Bonchev–Trinajstić information content (AvgIpc) is 2.78. The third kappa shape index (κ3) is 4.78. The number of anilines is 1. The van der Waals surface area contributed by atoms with E-state index >= 15 is 0 Å². The molecule has 164 valence electrons. The molecule has 0 atom stereocenters. The van der Waals surface area contributed by atoms with Gasteiger partial charge in [0.15, 0.2) is 0 Å². The molecule has 0 unspecified atom stereocenters. The van der Waals surface area contributed by atoms with E-state index in [0.717, 1.165) is 41.2 Å². The summed E-state index contributed by atoms with van der Waals surface area (Å²) in [4.78, 5) is 17.0. The van der Waals surface area contributed by atoms with E-state index in [0.29, 0.717) is 29.5 Å². The molecule has 3 aromatic rings. The summed E-state index contributed by atoms with van der Waals surface area (Å²) in [6.07, 6.45) is 3.01. The lowest BCUT2D eigenvalue weighted by Gasteiger charge is -2.27. The number of amides is 1. The minimum absolute atomic E-state index is 0.0419. The maximum absolute atomic E-state index is 12.5. The molecule has 1 fully saturated rings. The van der Waals surface area contributed by atoms with Gasteiger partial charge < -0.3 is 26.1 Å². The number of hydrogen-bond acceptors (Lipinski definition) is 6. The van der Waals surface area contributed by atoms with Gasteiger partial charge in [0.1, 0.15) is 11.5 Å². The quantitative estimate of drug-likeness (QED) is 0.408. The summed E-state index contributed by atoms with van der Waals surface area (Å²) in [5.41, 5.74) is 4.88. The molecule has 4 N–H and O–H groups in total. The molecule has 1 amide bonds. The van der Waals surface area contributed by atoms with Crippen molar-refractivity contribution in [3.8, 4) is 22.8 Å². The third-order valence-electron chi connectivity index (χ3n) is 5.60. The first kappa shape index (κ1) is 21.5. The first-order valence-corrected chi connectivity index (χ1v) is 10.6. The van der Waals surface area contributed by atoms with Crippen LogP contribution in [0.25, 0.3) is 11.3 Å². The Morgan fingerprint density at radius 2 is 2.00 bits per heavy atom. The summed E-state index contributed by atoms with van der Waals surface area (Å²) < 4.78 is 6.02. The van der Waals surface area contributed by atoms with Crippen LogP contribution in [0.4, 0.5) is 5.69 Å². The Labute approximate surface area is 187 Å². The lowest BCUT2D eigenvalue weighted by Crippen LogP contribution is -2.48. The van der Waals surface area contributed by atoms with Crippen molar-refractivity contribution in [3.05, 3.63) is 71.4 Å². The van der Waals surface area contributed by atoms with Gasteiger partial charge in [0.05, 0.1) is 5.69 Å². The number of aryl methyl sites for hydroxylation is 1. The van der Waals surface area contributed by atoms with Gasteiger partial charge in [-0.2, -0.15) is 0 Å². The molecule has 1 aliphatic rings. The van der Waals surface area contributed by atoms with Crippen LogP contribution in [-0.4, -0.2) is 43.8 Å². The van der Waals surface area contributed by atoms with Crippen LogP contribution < -0.4 is 20.7 Å². The minimum atomic E-state index is -0.0419. The van der Waals surface area contributed by atoms with Crippen molar-refractivity contribution < 1.29 is 9.53 Å². The zero-order chi connectivity index (χ0) is 22.5. The molecule has 0 spiro atoms. The highest BCUT2D eigenvalue weighted by molar-refractivity contribution is 5.96. The first-order valence-electron chi connectivity index (χ1n) is 10.6. The number of benzene rings is 2. The van der Waals surface area contributed by atoms with E-state index in [1.807, 2.05) is 56.4 Å². The standard InChI is InChI=1S/C25H27N5O2/c1-16-9-18(4-6-22(16)25(31)30-15-17-13-28-14-17)24-11-21(7-8-29-24)32-20-5-3-19(12-26)23(10-20)27-2/h3-12,17,26-28H,13-15H2,1-2H3,(H,30,31). The van der Waals surface area contributed by atoms with Crippen molar-refractivity contribution in [1.82, 2.24) is 15.6 Å². The van der Waals surface area contributed by atoms with Gasteiger partial charge in [0, 0.05) is 79.5 Å². The van der Waals surface area contributed by atoms with Crippen LogP contribution in [0.5, 0.6) is 11.5 Å². The molecule has 0 saturated carbocycles. The van der Waals surface area contributed by atoms with Crippen molar-refractivity contribution in [1.29, 1.82) is 5.41 Å². The van der Waals surface area contributed by atoms with Crippen molar-refractivity contribution in [2.45, 2.75) is 6.92 Å². The van der Waals surface area contributed by atoms with Gasteiger partial charge in [0.25, 0.3) is 5.91 Å². The third-order valence-corrected chi connectivity index (χ3v) is 5.60. The van der Waals surface area contributed by atoms with E-state index in [2.05, 4.69) is 20.9 Å². The Morgan fingerprint density at radius 3 is 2.69 bits per heavy atom. The smallest absolute Gasteiger partial charge is 0.251 e. The minimum Gasteiger partial charge on any atom is -0.457 e. The fourth-order valence-corrected chi connectivity index (χ4v) is 3.61. The molecule has 7 heteroatoms. The van der Waals surface area contributed by atoms with E-state index < -0.39 is 0 Å². The van der Waals surface area contributed by atoms with Crippen LogP contribution in [0.1, 0.15) is 21.5 Å². The van der Waals surface area contributed by atoms with E-state index in [1.165, 1.54) is 6.21 Å². The summed E-state index contributed by atoms with van der Waals surface area (Å²) in [6, 6.07) is 14.9. The number of nitrogens with one attached hydrogen (secondary N) is 4. The lowest BCUT2D eigenvalue weighted by atomic mass is 10.0. The van der Waals surface area contributed by atoms with E-state index in [1.54, 1.807) is 12.3 Å². The number of ether oxygens (including phenoxy) is 1. The monoisotopic (exact) mass is 429 g/mol. The molecular weight excluding hydrogens is 402 g/mol. The van der Waals surface area contributed by atoms with Gasteiger partial charge in [-0.25, -0.2) is 0 Å². The van der Waals surface area contributed by atoms with Crippen LogP contribution in [0, 0.1) is 18.3 Å². The van der Waals surface area contributed by atoms with E-state index in [4.69, 9.17) is 10.1 Å². The van der Waals surface area contributed by atoms with Crippen LogP contribution in [-0.2, 0) is 0 Å². The number of carbonyl (C=O) groups is 1. The second-order valence-electron chi connectivity index (χ2n) is 7.89. The average molecular weight is 430 g/mol. The van der Waals surface area contributed by atoms with Gasteiger partial charge in [-0.1, -0.05) is 6.07 Å². The molecule has 1 saturated heterocycles. The molecule has 0 radical (unpaired) electrons. The molecule has 2 heterocycles. The highest BCUT2D eigenvalue weighted by atomic mass is 16.5. The van der Waals surface area contributed by atoms with Crippen molar-refractivity contribution in [2.75, 3.05) is 32.0 Å². The van der Waals surface area contributed by atoms with Crippen LogP contribution >= 0.6 is 0 Å². The Hall–Kier alpha value is -3.71. The summed E-state index contributed by atoms with van der Waals surface area (Å²) in [5.74, 6) is 1.81. The van der Waals surface area contributed by atoms with Crippen molar-refractivity contribution in [2.24, 2.45) is 5.92 Å². The molecule has 4 rings (SSSR count). The maximum atomic E-state index is 12.5. The highest BCUT2D eigenvalue weighted by Gasteiger charge is 2.18. The van der Waals surface area contributed by atoms with Crippen LogP contribution in [0.2, 0.25) is 0 Å². The topological polar surface area (TPSA) is 99.1 Å². The molecule has 7 nitrogen and oxygen atoms in total. The fraction of sp³-hybridized carbons (Fsp3) is 0.240. The predicted octanol–water partition coefficient (Wildman–Crippen LogP) is 3.84. The zero-order valence-corrected chi connectivity index (χ0v) is 18.2. The summed E-state index contributed by atoms with van der Waals surface area (Å²) in [6.45, 7) is 4.56. The van der Waals surface area contributed by atoms with Gasteiger partial charge in [-0.05, 0) is 42.8 Å². The predicted molar refractivity (Wildman–Crippen MR) is 127 cm³/mol. The summed E-state index contributed by atoms with van der Waals surface area (Å²) >= 11 is 0. The Morgan fingerprint density at radius 1 is 1.19 bits per heavy atom. The maximum Gasteiger partial charge on any atom is 0.251 e. The normalized spacial score (nSPS) is 13.2. The number of hydrogen-bond donors (Lipinski definition) is 4. The Balaban J connectivity index is 1.49. The summed E-state index contributed by atoms with van der Waals surface area (Å²) in [5, 5.41) is 16.8. The SMILES string of the molecule is CNc1cc(Oc2ccnc(-c3ccc(C(=O)NCC4CNC4)c(C)c3)c2)ccc1C=N. The molecule has 1 aromatic heterocycles. The van der Waals surface area contributed by atoms with Crippen molar-refractivity contribution in [3.63, 3.8) is 0 Å². The van der Waals surface area contributed by atoms with E-state index in [9.17, 15) is 4.79 Å². The van der Waals surface area contributed by atoms with Gasteiger partial charge in [0.2, 0.25) is 0 Å². The molecule has 1 aliphatic heterocycles. The lowest BCUT2D eigenvalue weighted by molar-refractivity contribution is 0.0941. The van der Waals surface area contributed by atoms with Crippen LogP contribution in [0.3, 0.4) is 0 Å². The Bertz CT molecular complexity index is 1140. The number of carbonyl (C=O) groups excluding carboxylic acids is 1. The molecule has 0 bridgehead atoms. The summed E-state index contributed by atoms with van der Waals surface area (Å²) in [7, 11) is 1.81. The van der Waals surface area contributed by atoms with Crippen LogP contribution in [0.15, 0.2) is 54.7 Å². The number of rotatable bonds is 8. The van der Waals surface area contributed by atoms with Gasteiger partial charge in [-0.3, -0.25) is 9.78 Å². The van der Waals surface area contributed by atoms with Crippen molar-refractivity contribution >= 4 is 17.8 Å². The highest BCUT2D eigenvalue weighted by Crippen LogP contribution is 2.29. The largest absolute Gasteiger partial charge is 0.457 e. The second kappa shape index (κ2) is 9.62. The van der Waals surface area contributed by atoms with Gasteiger partial charge in [-0.15, -0.1) is 0 Å². The number of pyridine rings is 1. The van der Waals surface area contributed by atoms with E-state index in [-0.39, 0.29) is 5.91 Å². The second-order valence-corrected chi connectivity index (χ2v) is 7.89.